The smallest absolute Gasteiger partial charge is 0.175 e. The van der Waals surface area contributed by atoms with Gasteiger partial charge in [-0.1, -0.05) is 24.3 Å². The van der Waals surface area contributed by atoms with Gasteiger partial charge in [-0.3, -0.25) is 0 Å². The third kappa shape index (κ3) is 15.7. The van der Waals surface area contributed by atoms with Crippen molar-refractivity contribution >= 4 is 19.7 Å². The lowest BCUT2D eigenvalue weighted by Gasteiger charge is -2.13. The molecular weight excluding hydrogens is 1040 g/mol. The van der Waals surface area contributed by atoms with E-state index in [2.05, 4.69) is 0 Å². The van der Waals surface area contributed by atoms with E-state index in [0.29, 0.717) is 89.1 Å². The second-order valence-corrected chi connectivity index (χ2v) is 22.2. The highest BCUT2D eigenvalue weighted by Gasteiger charge is 2.19. The lowest BCUT2D eigenvalue weighted by Crippen LogP contribution is -2.14. The van der Waals surface area contributed by atoms with E-state index < -0.39 is 19.7 Å². The Morgan fingerprint density at radius 2 is 0.654 bits per heavy atom. The van der Waals surface area contributed by atoms with E-state index in [1.54, 1.807) is 72.8 Å². The Balaban J connectivity index is 0.657. The van der Waals surface area contributed by atoms with Crippen LogP contribution in [0.2, 0.25) is 0 Å². The van der Waals surface area contributed by atoms with Crippen LogP contribution in [0, 0.1) is 25.5 Å². The van der Waals surface area contributed by atoms with Gasteiger partial charge in [-0.25, -0.2) is 25.6 Å². The summed E-state index contributed by atoms with van der Waals surface area (Å²) in [5, 5.41) is 0. The van der Waals surface area contributed by atoms with Crippen molar-refractivity contribution in [2.24, 2.45) is 0 Å². The summed E-state index contributed by atoms with van der Waals surface area (Å²) in [6.45, 7) is 8.46. The van der Waals surface area contributed by atoms with Crippen molar-refractivity contribution in [3.63, 3.8) is 0 Å². The molecular formula is C60H62F2N2O12S2. The summed E-state index contributed by atoms with van der Waals surface area (Å²) in [4.78, 5) is 0.456. The molecule has 0 fully saturated rings. The zero-order valence-electron chi connectivity index (χ0n) is 43.9. The Hall–Kier alpha value is -7.32. The molecule has 0 aliphatic heterocycles. The van der Waals surface area contributed by atoms with Crippen molar-refractivity contribution in [1.29, 1.82) is 0 Å². The molecule has 8 rings (SSSR count). The maximum Gasteiger partial charge on any atom is 0.175 e. The molecule has 0 unspecified atom stereocenters. The van der Waals surface area contributed by atoms with Gasteiger partial charge in [-0.2, -0.15) is 0 Å². The third-order valence-electron chi connectivity index (χ3n) is 12.6. The fourth-order valence-corrected chi connectivity index (χ4v) is 9.67. The highest BCUT2D eigenvalue weighted by Crippen LogP contribution is 2.34. The van der Waals surface area contributed by atoms with Crippen LogP contribution in [0.5, 0.6) is 23.0 Å². The van der Waals surface area contributed by atoms with Gasteiger partial charge in [0.05, 0.1) is 74.0 Å². The fourth-order valence-electron chi connectivity index (χ4n) is 8.41. The van der Waals surface area contributed by atoms with Crippen molar-refractivity contribution in [3.8, 4) is 56.9 Å². The molecule has 2 aromatic heterocycles. The summed E-state index contributed by atoms with van der Waals surface area (Å²) < 4.78 is 126. The molecule has 2 heterocycles. The SMILES string of the molecule is Cc1c(COc2ccc(OCCOCCOCCOCCOCCOc3ccc(OCc4cc(-c5ccc(S(C)(=O)=O)cc5)n(-c5ccc(F)cc5)c4C)cc3)cc2)cc(-c2ccc(S(C)(=O)=O)cc2)n1-c1ccc(F)cc1. The summed E-state index contributed by atoms with van der Waals surface area (Å²) in [5.74, 6) is 1.96. The van der Waals surface area contributed by atoms with E-state index in [0.717, 1.165) is 56.4 Å². The van der Waals surface area contributed by atoms with Crippen LogP contribution in [-0.2, 0) is 51.8 Å². The first-order valence-corrected chi connectivity index (χ1v) is 29.0. The van der Waals surface area contributed by atoms with Crippen LogP contribution in [0.25, 0.3) is 33.9 Å². The predicted molar refractivity (Wildman–Crippen MR) is 294 cm³/mol. The Morgan fingerprint density at radius 1 is 0.372 bits per heavy atom. The average Bonchev–Trinajstić information content (AvgIpc) is 4.08. The fraction of sp³-hybridized carbons (Fsp3) is 0.267. The number of benzene rings is 6. The molecule has 0 aliphatic rings. The van der Waals surface area contributed by atoms with E-state index >= 15 is 0 Å². The summed E-state index contributed by atoms with van der Waals surface area (Å²) in [5.41, 5.74) is 8.39. The van der Waals surface area contributed by atoms with Crippen LogP contribution in [0.3, 0.4) is 0 Å². The van der Waals surface area contributed by atoms with Crippen molar-refractivity contribution in [3.05, 3.63) is 192 Å². The number of sulfone groups is 2. The lowest BCUT2D eigenvalue weighted by atomic mass is 10.1. The summed E-state index contributed by atoms with van der Waals surface area (Å²) in [6, 6.07) is 44.5. The molecule has 0 spiro atoms. The Labute approximate surface area is 454 Å². The monoisotopic (exact) mass is 1100 g/mol. The normalized spacial score (nSPS) is 11.7. The summed E-state index contributed by atoms with van der Waals surface area (Å²) >= 11 is 0. The van der Waals surface area contributed by atoms with Crippen molar-refractivity contribution in [2.75, 3.05) is 78.6 Å². The van der Waals surface area contributed by atoms with Gasteiger partial charge >= 0.3 is 0 Å². The number of halogens is 2. The van der Waals surface area contributed by atoms with Crippen LogP contribution in [0.4, 0.5) is 8.78 Å². The Morgan fingerprint density at radius 3 is 0.949 bits per heavy atom. The molecule has 0 atom stereocenters. The van der Waals surface area contributed by atoms with E-state index in [9.17, 15) is 25.6 Å². The van der Waals surface area contributed by atoms with Crippen LogP contribution in [0.1, 0.15) is 22.5 Å². The highest BCUT2D eigenvalue weighted by atomic mass is 32.2. The largest absolute Gasteiger partial charge is 0.491 e. The number of aromatic nitrogens is 2. The zero-order valence-corrected chi connectivity index (χ0v) is 45.5. The quantitative estimate of drug-likeness (QED) is 0.0410. The molecule has 0 radical (unpaired) electrons. The molecule has 14 nitrogen and oxygen atoms in total. The molecule has 78 heavy (non-hydrogen) atoms. The first-order chi connectivity index (χ1) is 37.6. The van der Waals surface area contributed by atoms with Gasteiger partial charge in [0, 0.05) is 46.4 Å². The van der Waals surface area contributed by atoms with Crippen molar-refractivity contribution in [2.45, 2.75) is 36.9 Å². The number of hydrogen-bond acceptors (Lipinski definition) is 12. The minimum absolute atomic E-state index is 0.228. The van der Waals surface area contributed by atoms with Gasteiger partial charge < -0.3 is 47.0 Å². The van der Waals surface area contributed by atoms with Gasteiger partial charge in [0.25, 0.3) is 0 Å². The second kappa shape index (κ2) is 26.8. The van der Waals surface area contributed by atoms with Gasteiger partial charge in [0.2, 0.25) is 0 Å². The molecule has 0 aliphatic carbocycles. The van der Waals surface area contributed by atoms with Crippen LogP contribution < -0.4 is 18.9 Å². The molecule has 0 N–H and O–H groups in total. The Bertz CT molecular complexity index is 3190. The summed E-state index contributed by atoms with van der Waals surface area (Å²) in [7, 11) is -6.71. The minimum atomic E-state index is -3.36. The Kier molecular flexibility index (Phi) is 19.6. The standard InChI is InChI=1S/C60H62F2N2O12S2/c1-43-47(39-59(63(43)51-13-9-49(61)10-14-51)45-5-25-57(26-6-45)77(3,65)66)41-75-55-21-17-53(18-22-55)73-37-35-71-33-31-69-29-30-70-32-34-72-36-38-74-54-19-23-56(24-20-54)76-42-48-40-60(46-7-27-58(28-8-46)78(4,67)68)64(44(48)2)52-15-11-50(62)12-16-52/h5-28,39-40H,29-38,41-42H2,1-4H3. The first kappa shape index (κ1) is 56.9. The minimum Gasteiger partial charge on any atom is -0.491 e. The number of ether oxygens (including phenoxy) is 8. The van der Waals surface area contributed by atoms with E-state index in [1.807, 2.05) is 83.6 Å². The third-order valence-corrected chi connectivity index (χ3v) is 14.8. The number of nitrogens with zero attached hydrogens (tertiary/aromatic N) is 2. The average molecular weight is 1110 g/mol. The van der Waals surface area contributed by atoms with Crippen LogP contribution >= 0.6 is 0 Å². The van der Waals surface area contributed by atoms with E-state index in [1.165, 1.54) is 36.8 Å². The topological polar surface area (TPSA) is 152 Å². The maximum absolute atomic E-state index is 13.8. The number of rotatable bonds is 29. The van der Waals surface area contributed by atoms with Crippen LogP contribution in [-0.4, -0.2) is 105 Å². The van der Waals surface area contributed by atoms with E-state index in [4.69, 9.17) is 37.9 Å². The molecule has 6 aromatic carbocycles. The van der Waals surface area contributed by atoms with E-state index in [-0.39, 0.29) is 34.6 Å². The second-order valence-electron chi connectivity index (χ2n) is 18.2. The van der Waals surface area contributed by atoms with Gasteiger partial charge in [-0.05, 0) is 158 Å². The lowest BCUT2D eigenvalue weighted by molar-refractivity contribution is -0.00699. The maximum atomic E-state index is 13.8. The summed E-state index contributed by atoms with van der Waals surface area (Å²) in [6.07, 6.45) is 2.35. The van der Waals surface area contributed by atoms with Gasteiger partial charge in [0.1, 0.15) is 61.1 Å². The van der Waals surface area contributed by atoms with Crippen molar-refractivity contribution in [1.82, 2.24) is 9.13 Å². The molecule has 8 aromatic rings. The predicted octanol–water partition coefficient (Wildman–Crippen LogP) is 11.0. The zero-order chi connectivity index (χ0) is 55.1. The number of hydrogen-bond donors (Lipinski definition) is 0. The molecule has 0 saturated heterocycles. The molecule has 0 bridgehead atoms. The highest BCUT2D eigenvalue weighted by molar-refractivity contribution is 7.91. The molecule has 0 saturated carbocycles. The molecule has 18 heteroatoms. The van der Waals surface area contributed by atoms with Gasteiger partial charge in [-0.15, -0.1) is 0 Å². The first-order valence-electron chi connectivity index (χ1n) is 25.2. The van der Waals surface area contributed by atoms with Crippen LogP contribution in [0.15, 0.2) is 168 Å². The van der Waals surface area contributed by atoms with Gasteiger partial charge in [0.15, 0.2) is 19.7 Å². The molecule has 410 valence electrons. The molecule has 0 amide bonds. The van der Waals surface area contributed by atoms with Crippen molar-refractivity contribution < 1.29 is 63.5 Å².